The van der Waals surface area contributed by atoms with E-state index in [4.69, 9.17) is 61.6 Å². The number of hydrogen-bond donors (Lipinski definition) is 2. The SMILES string of the molecule is CC(=O)OC[C@H]1O[C@@H](O[C@@H]2[C@H](OC(C)=O)[C@@H](OC(C)=O)[C@H](O[C@H]3[C@H](O)[C@H](N4C(=O)c5ccccc5C4=O)[C@@H](OCCBr)O[C@@H]3CO)O[C@@H]2COC(C)=O)[C@H](OC(C)=O)[C@@H](OC(C)=O)[C@H]1OC(C)=O. The van der Waals surface area contributed by atoms with Gasteiger partial charge in [0, 0.05) is 53.8 Å². The number of alkyl halides is 1. The molecule has 68 heavy (non-hydrogen) atoms. The summed E-state index contributed by atoms with van der Waals surface area (Å²) in [5, 5.41) is 23.1. The molecule has 376 valence electrons. The first-order valence-corrected chi connectivity index (χ1v) is 22.1. The molecule has 1 aromatic rings. The van der Waals surface area contributed by atoms with E-state index >= 15 is 0 Å². The van der Waals surface area contributed by atoms with Crippen LogP contribution in [0.2, 0.25) is 0 Å². The number of halogens is 1. The molecule has 0 aromatic heterocycles. The number of rotatable bonds is 18. The standard InChI is InChI=1S/C42H52BrNO24/c1-17(46)57-15-27-32(59-19(3)48)34(60-20(4)49)36(62-22(6)51)42(65-27)68-33-28(16-58-18(2)47)66-41(37(63-23(7)52)35(33)61-21(5)50)67-31-26(14-45)64-40(56-13-12-43)29(30(31)53)44-38(54)24-10-8-9-11-25(24)39(44)55/h8-11,26-37,40-42,45,53H,12-16H2,1-7H3/t26-,27-,28-,29+,30-,31-,32+,33+,34+,35+,36-,37-,40+,41+,42+/m1/s1. The van der Waals surface area contributed by atoms with Crippen LogP contribution in [0.1, 0.15) is 69.2 Å². The minimum absolute atomic E-state index is 0.0106. The van der Waals surface area contributed by atoms with Gasteiger partial charge in [0.05, 0.1) is 24.3 Å². The van der Waals surface area contributed by atoms with E-state index in [0.29, 0.717) is 0 Å². The number of esters is 7. The van der Waals surface area contributed by atoms with Gasteiger partial charge in [-0.3, -0.25) is 48.1 Å². The van der Waals surface area contributed by atoms with Crippen molar-refractivity contribution in [1.29, 1.82) is 0 Å². The Bertz CT molecular complexity index is 2020. The third-order valence-corrected chi connectivity index (χ3v) is 10.8. The van der Waals surface area contributed by atoms with Crippen LogP contribution in [0.5, 0.6) is 0 Å². The average Bonchev–Trinajstić information content (AvgIpc) is 3.50. The summed E-state index contributed by atoms with van der Waals surface area (Å²) in [7, 11) is 0. The number of nitrogens with zero attached hydrogens (tertiary/aromatic N) is 1. The van der Waals surface area contributed by atoms with Crippen LogP contribution >= 0.6 is 15.9 Å². The van der Waals surface area contributed by atoms with Crippen molar-refractivity contribution in [2.75, 3.05) is 31.8 Å². The fraction of sp³-hybridized carbons (Fsp3) is 0.643. The largest absolute Gasteiger partial charge is 0.463 e. The van der Waals surface area contributed by atoms with E-state index in [-0.39, 0.29) is 23.1 Å². The summed E-state index contributed by atoms with van der Waals surface area (Å²) >= 11 is 3.23. The minimum atomic E-state index is -2.00. The van der Waals surface area contributed by atoms with Gasteiger partial charge in [0.1, 0.15) is 55.9 Å². The van der Waals surface area contributed by atoms with Crippen molar-refractivity contribution in [2.45, 2.75) is 141 Å². The molecule has 2 amide bonds. The van der Waals surface area contributed by atoms with Crippen molar-refractivity contribution in [2.24, 2.45) is 0 Å². The number of ether oxygens (including phenoxy) is 13. The van der Waals surface area contributed by atoms with Gasteiger partial charge in [-0.25, -0.2) is 0 Å². The highest BCUT2D eigenvalue weighted by Crippen LogP contribution is 2.39. The molecule has 3 saturated heterocycles. The molecule has 15 atom stereocenters. The number of carbonyl (C=O) groups is 9. The Hall–Kier alpha value is -5.19. The van der Waals surface area contributed by atoms with Gasteiger partial charge in [-0.2, -0.15) is 0 Å². The molecule has 4 heterocycles. The number of hydrogen-bond acceptors (Lipinski definition) is 24. The second-order valence-corrected chi connectivity index (χ2v) is 16.3. The predicted molar refractivity (Wildman–Crippen MR) is 220 cm³/mol. The van der Waals surface area contributed by atoms with E-state index in [1.54, 1.807) is 0 Å². The second-order valence-electron chi connectivity index (χ2n) is 15.6. The summed E-state index contributed by atoms with van der Waals surface area (Å²) in [4.78, 5) is 116. The molecule has 25 nitrogen and oxygen atoms in total. The highest BCUT2D eigenvalue weighted by Gasteiger charge is 2.60. The van der Waals surface area contributed by atoms with E-state index in [1.165, 1.54) is 24.3 Å². The molecule has 2 N–H and O–H groups in total. The van der Waals surface area contributed by atoms with Crippen molar-refractivity contribution in [1.82, 2.24) is 4.90 Å². The van der Waals surface area contributed by atoms with Crippen molar-refractivity contribution in [3.8, 4) is 0 Å². The van der Waals surface area contributed by atoms with E-state index in [1.807, 2.05) is 0 Å². The zero-order valence-corrected chi connectivity index (χ0v) is 39.3. The third-order valence-electron chi connectivity index (χ3n) is 10.5. The minimum Gasteiger partial charge on any atom is -0.463 e. The van der Waals surface area contributed by atoms with Crippen LogP contribution in [0, 0.1) is 0 Å². The zero-order chi connectivity index (χ0) is 50.1. The van der Waals surface area contributed by atoms with Crippen LogP contribution in [0.15, 0.2) is 24.3 Å². The van der Waals surface area contributed by atoms with Gasteiger partial charge in [-0.1, -0.05) is 28.1 Å². The molecule has 0 bridgehead atoms. The van der Waals surface area contributed by atoms with Crippen molar-refractivity contribution < 1.29 is 115 Å². The molecule has 0 spiro atoms. The van der Waals surface area contributed by atoms with E-state index in [9.17, 15) is 53.4 Å². The molecule has 0 aliphatic carbocycles. The molecule has 0 unspecified atom stereocenters. The van der Waals surface area contributed by atoms with Crippen LogP contribution in [-0.2, 0) is 95.1 Å². The zero-order valence-electron chi connectivity index (χ0n) is 37.7. The van der Waals surface area contributed by atoms with Crippen LogP contribution < -0.4 is 0 Å². The maximum atomic E-state index is 13.8. The lowest BCUT2D eigenvalue weighted by molar-refractivity contribution is -0.376. The highest BCUT2D eigenvalue weighted by atomic mass is 79.9. The molecular weight excluding hydrogens is 982 g/mol. The van der Waals surface area contributed by atoms with E-state index in [0.717, 1.165) is 53.4 Å². The number of aliphatic hydroxyl groups is 2. The summed E-state index contributed by atoms with van der Waals surface area (Å²) in [5.74, 6) is -8.33. The molecular formula is C42H52BrNO24. The molecule has 0 saturated carbocycles. The van der Waals surface area contributed by atoms with Gasteiger partial charge in [0.25, 0.3) is 11.8 Å². The summed E-state index contributed by atoms with van der Waals surface area (Å²) in [5.41, 5.74) is 0.0212. The van der Waals surface area contributed by atoms with Gasteiger partial charge in [0.15, 0.2) is 49.4 Å². The number of fused-ring (bicyclic) bond motifs is 1. The van der Waals surface area contributed by atoms with Crippen molar-refractivity contribution >= 4 is 69.5 Å². The molecule has 1 aromatic carbocycles. The smallest absolute Gasteiger partial charge is 0.303 e. The lowest BCUT2D eigenvalue weighted by Gasteiger charge is -2.50. The molecule has 5 rings (SSSR count). The Morgan fingerprint density at radius 3 is 1.38 bits per heavy atom. The van der Waals surface area contributed by atoms with Crippen molar-refractivity contribution in [3.63, 3.8) is 0 Å². The maximum Gasteiger partial charge on any atom is 0.303 e. The predicted octanol–water partition coefficient (Wildman–Crippen LogP) is -0.854. The number of aliphatic hydroxyl groups excluding tert-OH is 2. The van der Waals surface area contributed by atoms with Gasteiger partial charge in [0.2, 0.25) is 0 Å². The Kier molecular flexibility index (Phi) is 18.9. The van der Waals surface area contributed by atoms with Crippen LogP contribution in [0.25, 0.3) is 0 Å². The Balaban J connectivity index is 1.60. The summed E-state index contributed by atoms with van der Waals surface area (Å²) in [6, 6.07) is 4.21. The van der Waals surface area contributed by atoms with E-state index in [2.05, 4.69) is 15.9 Å². The van der Waals surface area contributed by atoms with Gasteiger partial charge < -0.3 is 71.8 Å². The summed E-state index contributed by atoms with van der Waals surface area (Å²) in [6.07, 6.45) is -25.0. The second kappa shape index (κ2) is 23.9. The van der Waals surface area contributed by atoms with Crippen LogP contribution in [0.3, 0.4) is 0 Å². The quantitative estimate of drug-likeness (QED) is 0.0782. The molecule has 26 heteroatoms. The first kappa shape index (κ1) is 53.8. The topological polar surface area (TPSA) is 317 Å². The van der Waals surface area contributed by atoms with Crippen molar-refractivity contribution in [3.05, 3.63) is 35.4 Å². The average molecular weight is 1030 g/mol. The molecule has 4 aliphatic heterocycles. The highest BCUT2D eigenvalue weighted by molar-refractivity contribution is 9.09. The first-order valence-electron chi connectivity index (χ1n) is 21.0. The van der Waals surface area contributed by atoms with Gasteiger partial charge in [-0.05, 0) is 12.1 Å². The third kappa shape index (κ3) is 12.9. The molecule has 3 fully saturated rings. The molecule has 0 radical (unpaired) electrons. The number of amides is 2. The normalized spacial score (nSPS) is 32.3. The Labute approximate surface area is 396 Å². The van der Waals surface area contributed by atoms with Gasteiger partial charge in [-0.15, -0.1) is 0 Å². The van der Waals surface area contributed by atoms with Crippen LogP contribution in [0.4, 0.5) is 0 Å². The number of imide groups is 1. The van der Waals surface area contributed by atoms with E-state index < -0.39 is 165 Å². The van der Waals surface area contributed by atoms with Gasteiger partial charge >= 0.3 is 41.8 Å². The monoisotopic (exact) mass is 1030 g/mol. The number of benzene rings is 1. The first-order chi connectivity index (χ1) is 32.2. The number of carbonyl (C=O) groups excluding carboxylic acids is 9. The maximum absolute atomic E-state index is 13.8. The Morgan fingerprint density at radius 1 is 0.559 bits per heavy atom. The fourth-order valence-electron chi connectivity index (χ4n) is 8.01. The molecule has 4 aliphatic rings. The summed E-state index contributed by atoms with van der Waals surface area (Å²) < 4.78 is 75.2. The fourth-order valence-corrected chi connectivity index (χ4v) is 8.20. The lowest BCUT2D eigenvalue weighted by Crippen LogP contribution is -2.69. The lowest BCUT2D eigenvalue weighted by atomic mass is 9.94. The van der Waals surface area contributed by atoms with Crippen LogP contribution in [-0.4, -0.2) is 193 Å². The Morgan fingerprint density at radius 2 is 0.956 bits per heavy atom. The summed E-state index contributed by atoms with van der Waals surface area (Å²) in [6.45, 7) is 4.58.